The third kappa shape index (κ3) is 10.8. The molecule has 1 aliphatic carbocycles. The fourth-order valence-electron chi connectivity index (χ4n) is 5.44. The van der Waals surface area contributed by atoms with Gasteiger partial charge in [-0.15, -0.1) is 11.3 Å². The largest absolute Gasteiger partial charge is 0.351 e. The van der Waals surface area contributed by atoms with Gasteiger partial charge in [0.2, 0.25) is 17.7 Å². The third-order valence-corrected chi connectivity index (χ3v) is 9.16. The van der Waals surface area contributed by atoms with Gasteiger partial charge in [-0.05, 0) is 42.4 Å². The van der Waals surface area contributed by atoms with Gasteiger partial charge in [0.25, 0.3) is 0 Å². The van der Waals surface area contributed by atoms with Crippen molar-refractivity contribution in [1.82, 2.24) is 20.5 Å². The molecule has 0 spiro atoms. The van der Waals surface area contributed by atoms with Gasteiger partial charge in [0.05, 0.1) is 21.1 Å². The molecule has 0 bridgehead atoms. The third-order valence-electron chi connectivity index (χ3n) is 8.12. The molecular weight excluding hydrogens is 584 g/mol. The minimum absolute atomic E-state index is 0.0218. The van der Waals surface area contributed by atoms with Gasteiger partial charge >= 0.3 is 0 Å². The van der Waals surface area contributed by atoms with E-state index < -0.39 is 25.2 Å². The SMILES string of the molecule is C=C(CN(CCF)CCF)C(=O)NC[C@@H](NC(=O)C(C=NC(=O)CC)Cc1nc2ccc(C(C)C)cc2s1)C1CCCCC1. The van der Waals surface area contributed by atoms with Crippen molar-refractivity contribution in [3.63, 3.8) is 0 Å². The summed E-state index contributed by atoms with van der Waals surface area (Å²) in [6.45, 7) is 8.83. The number of benzene rings is 1. The predicted molar refractivity (Wildman–Crippen MR) is 174 cm³/mol. The number of thiazole rings is 1. The van der Waals surface area contributed by atoms with Crippen LogP contribution < -0.4 is 10.6 Å². The molecule has 0 aliphatic heterocycles. The van der Waals surface area contributed by atoms with Gasteiger partial charge in [-0.25, -0.2) is 18.8 Å². The summed E-state index contributed by atoms with van der Waals surface area (Å²) in [5.74, 6) is -1.16. The first-order chi connectivity index (χ1) is 21.1. The molecule has 2 aromatic rings. The Morgan fingerprint density at radius 1 is 1.16 bits per heavy atom. The van der Waals surface area contributed by atoms with Crippen LogP contribution in [-0.2, 0) is 20.8 Å². The Morgan fingerprint density at radius 3 is 2.50 bits per heavy atom. The van der Waals surface area contributed by atoms with E-state index in [0.717, 1.165) is 47.3 Å². The average molecular weight is 632 g/mol. The van der Waals surface area contributed by atoms with E-state index in [4.69, 9.17) is 4.98 Å². The number of fused-ring (bicyclic) bond motifs is 1. The zero-order valence-electron chi connectivity index (χ0n) is 26.2. The lowest BCUT2D eigenvalue weighted by Gasteiger charge is -2.32. The van der Waals surface area contributed by atoms with Crippen LogP contribution in [0, 0.1) is 11.8 Å². The van der Waals surface area contributed by atoms with Gasteiger partial charge in [0.15, 0.2) is 0 Å². The number of amides is 3. The van der Waals surface area contributed by atoms with Crippen molar-refractivity contribution >= 4 is 45.5 Å². The molecule has 2 atom stereocenters. The Balaban J connectivity index is 1.76. The number of alkyl halides is 2. The summed E-state index contributed by atoms with van der Waals surface area (Å²) in [6.07, 6.45) is 7.01. The van der Waals surface area contributed by atoms with E-state index in [0.29, 0.717) is 12.3 Å². The summed E-state index contributed by atoms with van der Waals surface area (Å²) < 4.78 is 26.8. The van der Waals surface area contributed by atoms with Crippen LogP contribution in [0.2, 0.25) is 0 Å². The topological polar surface area (TPSA) is 104 Å². The number of rotatable bonds is 17. The molecule has 1 heterocycles. The maximum Gasteiger partial charge on any atom is 0.247 e. The van der Waals surface area contributed by atoms with Crippen LogP contribution in [0.1, 0.15) is 75.8 Å². The van der Waals surface area contributed by atoms with E-state index >= 15 is 0 Å². The minimum atomic E-state index is -0.720. The smallest absolute Gasteiger partial charge is 0.247 e. The number of aliphatic imine (C=N–C) groups is 1. The zero-order valence-corrected chi connectivity index (χ0v) is 27.1. The van der Waals surface area contributed by atoms with E-state index in [2.05, 4.69) is 48.2 Å². The van der Waals surface area contributed by atoms with Gasteiger partial charge < -0.3 is 10.6 Å². The fourth-order valence-corrected chi connectivity index (χ4v) is 6.52. The van der Waals surface area contributed by atoms with Crippen LogP contribution in [-0.4, -0.2) is 79.4 Å². The van der Waals surface area contributed by atoms with Crippen molar-refractivity contribution < 1.29 is 23.2 Å². The van der Waals surface area contributed by atoms with E-state index in [9.17, 15) is 23.2 Å². The van der Waals surface area contributed by atoms with Crippen LogP contribution in [0.15, 0.2) is 35.3 Å². The monoisotopic (exact) mass is 631 g/mol. The molecular formula is C33H47F2N5O3S. The van der Waals surface area contributed by atoms with E-state index in [1.807, 2.05) is 6.07 Å². The van der Waals surface area contributed by atoms with Crippen LogP contribution >= 0.6 is 11.3 Å². The van der Waals surface area contributed by atoms with E-state index in [1.165, 1.54) is 28.0 Å². The molecule has 242 valence electrons. The molecule has 8 nitrogen and oxygen atoms in total. The van der Waals surface area contributed by atoms with Crippen molar-refractivity contribution in [2.75, 3.05) is 39.5 Å². The normalized spacial score (nSPS) is 15.6. The Kier molecular flexibility index (Phi) is 14.5. The molecule has 11 heteroatoms. The van der Waals surface area contributed by atoms with Crippen LogP contribution in [0.3, 0.4) is 0 Å². The highest BCUT2D eigenvalue weighted by atomic mass is 32.1. The van der Waals surface area contributed by atoms with Gasteiger partial charge in [-0.2, -0.15) is 0 Å². The molecule has 44 heavy (non-hydrogen) atoms. The number of halogens is 2. The van der Waals surface area contributed by atoms with Crippen LogP contribution in [0.25, 0.3) is 10.2 Å². The van der Waals surface area contributed by atoms with Gasteiger partial charge in [0, 0.05) is 56.9 Å². The Morgan fingerprint density at radius 2 is 1.86 bits per heavy atom. The van der Waals surface area contributed by atoms with Crippen LogP contribution in [0.4, 0.5) is 8.78 Å². The van der Waals surface area contributed by atoms with Gasteiger partial charge in [0.1, 0.15) is 13.3 Å². The van der Waals surface area contributed by atoms with E-state index in [-0.39, 0.29) is 61.9 Å². The zero-order chi connectivity index (χ0) is 32.1. The second-order valence-electron chi connectivity index (χ2n) is 11.8. The second-order valence-corrected chi connectivity index (χ2v) is 12.9. The number of carbonyl (C=O) groups is 3. The lowest BCUT2D eigenvalue weighted by atomic mass is 9.83. The summed E-state index contributed by atoms with van der Waals surface area (Å²) in [6, 6.07) is 5.86. The molecule has 1 aliphatic rings. The van der Waals surface area contributed by atoms with Crippen LogP contribution in [0.5, 0.6) is 0 Å². The first-order valence-electron chi connectivity index (χ1n) is 15.7. The number of aromatic nitrogens is 1. The fraction of sp³-hybridized carbons (Fsp3) is 0.606. The van der Waals surface area contributed by atoms with Gasteiger partial charge in [-0.3, -0.25) is 19.3 Å². The summed E-state index contributed by atoms with van der Waals surface area (Å²) in [4.78, 5) is 49.0. The molecule has 1 unspecified atom stereocenters. The lowest BCUT2D eigenvalue weighted by Crippen LogP contribution is -2.51. The van der Waals surface area contributed by atoms with Crippen molar-refractivity contribution in [2.24, 2.45) is 16.8 Å². The molecule has 1 saturated carbocycles. The van der Waals surface area contributed by atoms with E-state index in [1.54, 1.807) is 6.92 Å². The molecule has 3 amide bonds. The highest BCUT2D eigenvalue weighted by Gasteiger charge is 2.29. The van der Waals surface area contributed by atoms with Crippen molar-refractivity contribution in [3.05, 3.63) is 40.9 Å². The Bertz CT molecular complexity index is 1290. The Hall–Kier alpha value is -3.05. The molecule has 2 N–H and O–H groups in total. The average Bonchev–Trinajstić information content (AvgIpc) is 3.43. The molecule has 1 aromatic carbocycles. The molecule has 1 fully saturated rings. The molecule has 0 radical (unpaired) electrons. The second kappa shape index (κ2) is 18.0. The standard InChI is InChI=1S/C33H47F2N5O3S/c1-5-30(41)36-19-26(18-31-38-27-12-11-25(22(2)3)17-29(27)44-31)33(43)39-28(24-9-7-6-8-10-24)20-37-32(42)23(4)21-40(15-13-34)16-14-35/h11-12,17,19,22,24,26,28H,4-10,13-16,18,20-21H2,1-3H3,(H,37,42)(H,39,43)/t26?,28-/m1/s1. The summed E-state index contributed by atoms with van der Waals surface area (Å²) in [5, 5.41) is 6.83. The highest BCUT2D eigenvalue weighted by Crippen LogP contribution is 2.29. The highest BCUT2D eigenvalue weighted by molar-refractivity contribution is 7.18. The summed E-state index contributed by atoms with van der Waals surface area (Å²) in [7, 11) is 0. The number of carbonyl (C=O) groups excluding carboxylic acids is 3. The maximum absolute atomic E-state index is 13.8. The Labute approximate surface area is 263 Å². The lowest BCUT2D eigenvalue weighted by molar-refractivity contribution is -0.124. The van der Waals surface area contributed by atoms with Crippen molar-refractivity contribution in [1.29, 1.82) is 0 Å². The maximum atomic E-state index is 13.8. The van der Waals surface area contributed by atoms with Gasteiger partial charge in [-0.1, -0.05) is 52.7 Å². The quantitative estimate of drug-likeness (QED) is 0.176. The summed E-state index contributed by atoms with van der Waals surface area (Å²) in [5.41, 5.74) is 2.30. The molecule has 0 saturated heterocycles. The minimum Gasteiger partial charge on any atom is -0.351 e. The molecule has 3 rings (SSSR count). The van der Waals surface area contributed by atoms with Crippen molar-refractivity contribution in [3.8, 4) is 0 Å². The number of hydrogen-bond acceptors (Lipinski definition) is 6. The summed E-state index contributed by atoms with van der Waals surface area (Å²) >= 11 is 1.54. The predicted octanol–water partition coefficient (Wildman–Crippen LogP) is 5.56. The molecule has 1 aromatic heterocycles. The van der Waals surface area contributed by atoms with Crippen molar-refractivity contribution in [2.45, 2.75) is 77.7 Å². The first-order valence-corrected chi connectivity index (χ1v) is 16.5. The number of hydrogen-bond donors (Lipinski definition) is 2. The number of nitrogens with one attached hydrogen (secondary N) is 2. The number of nitrogens with zero attached hydrogens (tertiary/aromatic N) is 3. The first kappa shape index (κ1) is 35.4.